The molecule has 0 aliphatic heterocycles. The molecule has 6 heteroatoms. The minimum atomic E-state index is 0.000314. The molecule has 0 unspecified atom stereocenters. The SMILES string of the molecule is COc1ccc(CC(=O)NCCc2nc3ccccc3n2CCCOc2cc(C)ccc2C(C)C)cc1. The Morgan fingerprint density at radius 1 is 1.05 bits per heavy atom. The molecule has 4 rings (SSSR count). The van der Waals surface area contributed by atoms with Crippen LogP contribution in [0.15, 0.2) is 66.7 Å². The van der Waals surface area contributed by atoms with E-state index in [0.717, 1.165) is 46.9 Å². The molecule has 0 radical (unpaired) electrons. The van der Waals surface area contributed by atoms with Gasteiger partial charge in [-0.05, 0) is 66.3 Å². The van der Waals surface area contributed by atoms with Crippen molar-refractivity contribution in [1.29, 1.82) is 0 Å². The number of carbonyl (C=O) groups is 1. The minimum absolute atomic E-state index is 0.000314. The predicted octanol–water partition coefficient (Wildman–Crippen LogP) is 5.85. The number of nitrogens with zero attached hydrogens (tertiary/aromatic N) is 2. The molecule has 0 spiro atoms. The van der Waals surface area contributed by atoms with E-state index in [1.54, 1.807) is 7.11 Å². The lowest BCUT2D eigenvalue weighted by Crippen LogP contribution is -2.28. The second-order valence-electron chi connectivity index (χ2n) is 9.69. The first-order valence-electron chi connectivity index (χ1n) is 13.0. The van der Waals surface area contributed by atoms with E-state index in [1.165, 1.54) is 11.1 Å². The Morgan fingerprint density at radius 3 is 2.59 bits per heavy atom. The number of nitrogens with one attached hydrogen (secondary N) is 1. The first-order valence-corrected chi connectivity index (χ1v) is 13.0. The number of imidazole rings is 1. The zero-order chi connectivity index (χ0) is 26.2. The van der Waals surface area contributed by atoms with E-state index in [1.807, 2.05) is 42.5 Å². The van der Waals surface area contributed by atoms with Gasteiger partial charge >= 0.3 is 0 Å². The van der Waals surface area contributed by atoms with Crippen molar-refractivity contribution in [3.05, 3.63) is 89.2 Å². The third-order valence-corrected chi connectivity index (χ3v) is 6.50. The summed E-state index contributed by atoms with van der Waals surface area (Å²) in [6.45, 7) is 8.45. The number of fused-ring (bicyclic) bond motifs is 1. The number of aryl methyl sites for hydroxylation is 2. The van der Waals surface area contributed by atoms with E-state index in [4.69, 9.17) is 14.5 Å². The number of aromatic nitrogens is 2. The molecule has 4 aromatic rings. The lowest BCUT2D eigenvalue weighted by atomic mass is 10.0. The Bertz CT molecular complexity index is 1330. The van der Waals surface area contributed by atoms with Gasteiger partial charge in [-0.25, -0.2) is 4.98 Å². The molecule has 194 valence electrons. The maximum Gasteiger partial charge on any atom is 0.224 e. The zero-order valence-corrected chi connectivity index (χ0v) is 22.3. The molecule has 1 amide bonds. The molecule has 0 saturated carbocycles. The standard InChI is InChI=1S/C31H37N3O3/c1-22(2)26-15-10-23(3)20-29(26)37-19-7-18-34-28-9-6-5-8-27(28)33-30(34)16-17-32-31(35)21-24-11-13-25(36-4)14-12-24/h5-6,8-15,20,22H,7,16-19,21H2,1-4H3,(H,32,35). The van der Waals surface area contributed by atoms with Gasteiger partial charge in [0, 0.05) is 19.5 Å². The summed E-state index contributed by atoms with van der Waals surface area (Å²) < 4.78 is 13.7. The molecule has 0 saturated heterocycles. The monoisotopic (exact) mass is 499 g/mol. The Morgan fingerprint density at radius 2 is 1.84 bits per heavy atom. The highest BCUT2D eigenvalue weighted by Gasteiger charge is 2.12. The third kappa shape index (κ3) is 6.91. The van der Waals surface area contributed by atoms with Crippen molar-refractivity contribution in [2.75, 3.05) is 20.3 Å². The summed E-state index contributed by atoms with van der Waals surface area (Å²) in [4.78, 5) is 17.3. The van der Waals surface area contributed by atoms with Crippen LogP contribution in [0.1, 0.15) is 48.7 Å². The van der Waals surface area contributed by atoms with E-state index in [0.29, 0.717) is 31.9 Å². The second-order valence-corrected chi connectivity index (χ2v) is 9.69. The van der Waals surface area contributed by atoms with Gasteiger partial charge in [-0.2, -0.15) is 0 Å². The van der Waals surface area contributed by atoms with Gasteiger partial charge in [0.15, 0.2) is 0 Å². The van der Waals surface area contributed by atoms with E-state index < -0.39 is 0 Å². The third-order valence-electron chi connectivity index (χ3n) is 6.50. The second kappa shape index (κ2) is 12.4. The van der Waals surface area contributed by atoms with Crippen LogP contribution >= 0.6 is 0 Å². The van der Waals surface area contributed by atoms with Gasteiger partial charge in [-0.1, -0.05) is 50.2 Å². The Balaban J connectivity index is 1.34. The number of carbonyl (C=O) groups excluding carboxylic acids is 1. The Kier molecular flexibility index (Phi) is 8.83. The summed E-state index contributed by atoms with van der Waals surface area (Å²) in [6.07, 6.45) is 1.87. The summed E-state index contributed by atoms with van der Waals surface area (Å²) in [5, 5.41) is 3.04. The van der Waals surface area contributed by atoms with Gasteiger partial charge < -0.3 is 19.4 Å². The van der Waals surface area contributed by atoms with Crippen molar-refractivity contribution in [3.8, 4) is 11.5 Å². The summed E-state index contributed by atoms with van der Waals surface area (Å²) in [5.74, 6) is 3.16. The lowest BCUT2D eigenvalue weighted by molar-refractivity contribution is -0.120. The average Bonchev–Trinajstić information content (AvgIpc) is 3.24. The highest BCUT2D eigenvalue weighted by Crippen LogP contribution is 2.27. The van der Waals surface area contributed by atoms with Gasteiger partial charge in [0.05, 0.1) is 31.2 Å². The smallest absolute Gasteiger partial charge is 0.224 e. The van der Waals surface area contributed by atoms with Crippen molar-refractivity contribution in [1.82, 2.24) is 14.9 Å². The summed E-state index contributed by atoms with van der Waals surface area (Å²) in [5.41, 5.74) is 5.49. The molecule has 3 aromatic carbocycles. The van der Waals surface area contributed by atoms with Crippen LogP contribution in [0.3, 0.4) is 0 Å². The number of ether oxygens (including phenoxy) is 2. The predicted molar refractivity (Wildman–Crippen MR) is 149 cm³/mol. The molecule has 0 atom stereocenters. The van der Waals surface area contributed by atoms with Crippen molar-refractivity contribution >= 4 is 16.9 Å². The topological polar surface area (TPSA) is 65.4 Å². The molecule has 0 aliphatic carbocycles. The fourth-order valence-electron chi connectivity index (χ4n) is 4.52. The number of hydrogen-bond donors (Lipinski definition) is 1. The van der Waals surface area contributed by atoms with E-state index in [9.17, 15) is 4.79 Å². The number of para-hydroxylation sites is 2. The highest BCUT2D eigenvalue weighted by atomic mass is 16.5. The normalized spacial score (nSPS) is 11.2. The molecular formula is C31H37N3O3. The van der Waals surface area contributed by atoms with E-state index in [2.05, 4.69) is 54.9 Å². The first-order chi connectivity index (χ1) is 17.9. The van der Waals surface area contributed by atoms with Gasteiger partial charge in [0.1, 0.15) is 17.3 Å². The maximum absolute atomic E-state index is 12.5. The largest absolute Gasteiger partial charge is 0.497 e. The van der Waals surface area contributed by atoms with Crippen LogP contribution in [0, 0.1) is 6.92 Å². The summed E-state index contributed by atoms with van der Waals surface area (Å²) >= 11 is 0. The Labute approximate surface area is 219 Å². The van der Waals surface area contributed by atoms with Crippen LogP contribution in [-0.2, 0) is 24.2 Å². The number of methoxy groups -OCH3 is 1. The molecule has 0 fully saturated rings. The van der Waals surface area contributed by atoms with Crippen molar-refractivity contribution in [2.45, 2.75) is 52.5 Å². The van der Waals surface area contributed by atoms with Gasteiger partial charge in [0.2, 0.25) is 5.91 Å². The van der Waals surface area contributed by atoms with Crippen LogP contribution in [0.5, 0.6) is 11.5 Å². The molecule has 1 heterocycles. The highest BCUT2D eigenvalue weighted by molar-refractivity contribution is 5.78. The van der Waals surface area contributed by atoms with Crippen LogP contribution in [0.25, 0.3) is 11.0 Å². The lowest BCUT2D eigenvalue weighted by Gasteiger charge is -2.15. The van der Waals surface area contributed by atoms with Crippen molar-refractivity contribution in [2.24, 2.45) is 0 Å². The minimum Gasteiger partial charge on any atom is -0.497 e. The fraction of sp³-hybridized carbons (Fsp3) is 0.355. The van der Waals surface area contributed by atoms with Crippen molar-refractivity contribution < 1.29 is 14.3 Å². The molecule has 37 heavy (non-hydrogen) atoms. The first kappa shape index (κ1) is 26.3. The molecule has 0 aliphatic rings. The maximum atomic E-state index is 12.5. The quantitative estimate of drug-likeness (QED) is 0.249. The molecule has 6 nitrogen and oxygen atoms in total. The van der Waals surface area contributed by atoms with Gasteiger partial charge in [-0.3, -0.25) is 4.79 Å². The number of benzene rings is 3. The van der Waals surface area contributed by atoms with Gasteiger partial charge in [0.25, 0.3) is 0 Å². The van der Waals surface area contributed by atoms with Crippen LogP contribution in [0.4, 0.5) is 0 Å². The molecule has 1 aromatic heterocycles. The number of rotatable bonds is 12. The van der Waals surface area contributed by atoms with Crippen LogP contribution in [-0.4, -0.2) is 35.7 Å². The van der Waals surface area contributed by atoms with Crippen LogP contribution in [0.2, 0.25) is 0 Å². The summed E-state index contributed by atoms with van der Waals surface area (Å²) in [6, 6.07) is 22.2. The molecular weight excluding hydrogens is 462 g/mol. The van der Waals surface area contributed by atoms with Gasteiger partial charge in [-0.15, -0.1) is 0 Å². The van der Waals surface area contributed by atoms with Crippen LogP contribution < -0.4 is 14.8 Å². The van der Waals surface area contributed by atoms with E-state index >= 15 is 0 Å². The Hall–Kier alpha value is -3.80. The number of hydrogen-bond acceptors (Lipinski definition) is 4. The molecule has 0 bridgehead atoms. The fourth-order valence-corrected chi connectivity index (χ4v) is 4.52. The summed E-state index contributed by atoms with van der Waals surface area (Å²) in [7, 11) is 1.63. The van der Waals surface area contributed by atoms with Crippen molar-refractivity contribution in [3.63, 3.8) is 0 Å². The van der Waals surface area contributed by atoms with E-state index in [-0.39, 0.29) is 5.91 Å². The average molecular weight is 500 g/mol. The zero-order valence-electron chi connectivity index (χ0n) is 22.3. The number of amides is 1. The molecule has 1 N–H and O–H groups in total.